The summed E-state index contributed by atoms with van der Waals surface area (Å²) in [6.07, 6.45) is 2.44. The molecule has 0 spiro atoms. The fraction of sp³-hybridized carbons (Fsp3) is 0.440. The van der Waals surface area contributed by atoms with E-state index in [1.807, 2.05) is 38.1 Å². The summed E-state index contributed by atoms with van der Waals surface area (Å²) in [6.45, 7) is 6.15. The Morgan fingerprint density at radius 3 is 2.45 bits per heavy atom. The van der Waals surface area contributed by atoms with Crippen molar-refractivity contribution < 1.29 is 18.0 Å². The number of benzene rings is 2. The number of hydrogen-bond donors (Lipinski definition) is 1. The first-order valence-electron chi connectivity index (χ1n) is 11.5. The van der Waals surface area contributed by atoms with Crippen molar-refractivity contribution in [3.63, 3.8) is 0 Å². The highest BCUT2D eigenvalue weighted by molar-refractivity contribution is 7.89. The standard InChI is InChI=1S/C25H31N3O4S/c1-4-19-7-5-6-8-23(19)26-25(30)20-11-13-27(14-12-20)33(31,32)22-9-10-24-21(16-22)15-17(2)28(24)18(3)29/h5-10,16-17,20H,4,11-15H2,1-3H3,(H,26,30)/t17-/m0/s1. The topological polar surface area (TPSA) is 86.8 Å². The van der Waals surface area contributed by atoms with Gasteiger partial charge < -0.3 is 10.2 Å². The van der Waals surface area contributed by atoms with Crippen LogP contribution in [-0.4, -0.2) is 43.7 Å². The molecule has 2 aromatic carbocycles. The Bertz CT molecular complexity index is 1170. The number of aryl methyl sites for hydroxylation is 1. The van der Waals surface area contributed by atoms with E-state index in [1.165, 1.54) is 11.2 Å². The predicted octanol–water partition coefficient (Wildman–Crippen LogP) is 3.59. The van der Waals surface area contributed by atoms with Gasteiger partial charge in [-0.15, -0.1) is 0 Å². The maximum absolute atomic E-state index is 13.3. The first-order chi connectivity index (χ1) is 15.7. The number of amides is 2. The molecule has 1 fully saturated rings. The highest BCUT2D eigenvalue weighted by atomic mass is 32.2. The van der Waals surface area contributed by atoms with Crippen LogP contribution in [0.4, 0.5) is 11.4 Å². The molecule has 1 N–H and O–H groups in total. The second-order valence-electron chi connectivity index (χ2n) is 8.91. The van der Waals surface area contributed by atoms with E-state index in [0.29, 0.717) is 32.4 Å². The number of anilines is 2. The molecule has 4 rings (SSSR count). The summed E-state index contributed by atoms with van der Waals surface area (Å²) in [7, 11) is -3.66. The van der Waals surface area contributed by atoms with E-state index in [1.54, 1.807) is 23.1 Å². The lowest BCUT2D eigenvalue weighted by atomic mass is 9.97. The van der Waals surface area contributed by atoms with Gasteiger partial charge in [0.1, 0.15) is 0 Å². The summed E-state index contributed by atoms with van der Waals surface area (Å²) in [5.41, 5.74) is 3.58. The van der Waals surface area contributed by atoms with Gasteiger partial charge in [-0.2, -0.15) is 4.31 Å². The molecule has 7 nitrogen and oxygen atoms in total. The van der Waals surface area contributed by atoms with Crippen molar-refractivity contribution in [3.8, 4) is 0 Å². The maximum atomic E-state index is 13.3. The summed E-state index contributed by atoms with van der Waals surface area (Å²) in [6, 6.07) is 12.8. The molecule has 2 aromatic rings. The number of nitrogens with zero attached hydrogens (tertiary/aromatic N) is 2. The minimum Gasteiger partial charge on any atom is -0.326 e. The van der Waals surface area contributed by atoms with Crippen molar-refractivity contribution in [2.75, 3.05) is 23.3 Å². The molecule has 0 radical (unpaired) electrons. The first-order valence-corrected chi connectivity index (χ1v) is 13.0. The molecule has 1 atom stereocenters. The van der Waals surface area contributed by atoms with Gasteiger partial charge in [0, 0.05) is 43.3 Å². The Morgan fingerprint density at radius 2 is 1.79 bits per heavy atom. The quantitative estimate of drug-likeness (QED) is 0.725. The third kappa shape index (κ3) is 4.54. The van der Waals surface area contributed by atoms with Crippen molar-refractivity contribution in [2.45, 2.75) is 57.4 Å². The van der Waals surface area contributed by atoms with E-state index in [2.05, 4.69) is 5.32 Å². The number of carbonyl (C=O) groups is 2. The summed E-state index contributed by atoms with van der Waals surface area (Å²) >= 11 is 0. The Labute approximate surface area is 195 Å². The van der Waals surface area contributed by atoms with Crippen LogP contribution in [0.1, 0.15) is 44.7 Å². The number of para-hydroxylation sites is 1. The molecule has 0 saturated carbocycles. The van der Waals surface area contributed by atoms with Crippen LogP contribution >= 0.6 is 0 Å². The zero-order valence-corrected chi connectivity index (χ0v) is 20.2. The van der Waals surface area contributed by atoms with E-state index in [-0.39, 0.29) is 28.7 Å². The van der Waals surface area contributed by atoms with Crippen molar-refractivity contribution in [3.05, 3.63) is 53.6 Å². The van der Waals surface area contributed by atoms with Gasteiger partial charge in [-0.25, -0.2) is 8.42 Å². The van der Waals surface area contributed by atoms with E-state index in [0.717, 1.165) is 28.9 Å². The highest BCUT2D eigenvalue weighted by Crippen LogP contribution is 2.35. The molecule has 0 aliphatic carbocycles. The number of carbonyl (C=O) groups excluding carboxylic acids is 2. The summed E-state index contributed by atoms with van der Waals surface area (Å²) in [5, 5.41) is 3.02. The molecule has 176 valence electrons. The number of nitrogens with one attached hydrogen (secondary N) is 1. The van der Waals surface area contributed by atoms with Crippen LogP contribution in [-0.2, 0) is 32.5 Å². The number of rotatable bonds is 5. The average Bonchev–Trinajstić information content (AvgIpc) is 3.14. The molecule has 8 heteroatoms. The van der Waals surface area contributed by atoms with E-state index in [9.17, 15) is 18.0 Å². The van der Waals surface area contributed by atoms with Crippen molar-refractivity contribution in [1.29, 1.82) is 0 Å². The molecule has 33 heavy (non-hydrogen) atoms. The van der Waals surface area contributed by atoms with Gasteiger partial charge in [0.25, 0.3) is 0 Å². The largest absolute Gasteiger partial charge is 0.326 e. The van der Waals surface area contributed by atoms with Gasteiger partial charge in [-0.05, 0) is 68.0 Å². The number of hydrogen-bond acceptors (Lipinski definition) is 4. The highest BCUT2D eigenvalue weighted by Gasteiger charge is 2.34. The van der Waals surface area contributed by atoms with Crippen LogP contribution in [0, 0.1) is 5.92 Å². The number of fused-ring (bicyclic) bond motifs is 1. The SMILES string of the molecule is CCc1ccccc1NC(=O)C1CCN(S(=O)(=O)c2ccc3c(c2)C[C@H](C)N3C(C)=O)CC1. The predicted molar refractivity (Wildman–Crippen MR) is 129 cm³/mol. The lowest BCUT2D eigenvalue weighted by molar-refractivity contribution is -0.121. The van der Waals surface area contributed by atoms with Gasteiger partial charge in [-0.1, -0.05) is 25.1 Å². The average molecular weight is 470 g/mol. The Morgan fingerprint density at radius 1 is 1.09 bits per heavy atom. The van der Waals surface area contributed by atoms with Crippen LogP contribution in [0.25, 0.3) is 0 Å². The fourth-order valence-electron chi connectivity index (χ4n) is 4.94. The molecule has 1 saturated heterocycles. The van der Waals surface area contributed by atoms with E-state index < -0.39 is 10.0 Å². The summed E-state index contributed by atoms with van der Waals surface area (Å²) in [5.74, 6) is -0.311. The lowest BCUT2D eigenvalue weighted by Crippen LogP contribution is -2.41. The minimum atomic E-state index is -3.66. The van der Waals surface area contributed by atoms with Crippen molar-refractivity contribution in [1.82, 2.24) is 4.31 Å². The smallest absolute Gasteiger partial charge is 0.243 e. The third-order valence-electron chi connectivity index (χ3n) is 6.72. The minimum absolute atomic E-state index is 0.0163. The van der Waals surface area contributed by atoms with Gasteiger partial charge in [0.2, 0.25) is 21.8 Å². The van der Waals surface area contributed by atoms with Crippen LogP contribution in [0.5, 0.6) is 0 Å². The summed E-state index contributed by atoms with van der Waals surface area (Å²) in [4.78, 5) is 26.7. The second kappa shape index (κ2) is 9.27. The molecular formula is C25H31N3O4S. The fourth-order valence-corrected chi connectivity index (χ4v) is 6.46. The lowest BCUT2D eigenvalue weighted by Gasteiger charge is -2.31. The zero-order valence-electron chi connectivity index (χ0n) is 19.4. The van der Waals surface area contributed by atoms with Crippen molar-refractivity contribution in [2.24, 2.45) is 5.92 Å². The second-order valence-corrected chi connectivity index (χ2v) is 10.8. The Kier molecular flexibility index (Phi) is 6.59. The van der Waals surface area contributed by atoms with Gasteiger partial charge in [0.15, 0.2) is 0 Å². The van der Waals surface area contributed by atoms with Crippen LogP contribution in [0.3, 0.4) is 0 Å². The number of sulfonamides is 1. The zero-order chi connectivity index (χ0) is 23.8. The molecule has 2 heterocycles. The Balaban J connectivity index is 1.43. The molecule has 0 bridgehead atoms. The molecule has 0 unspecified atom stereocenters. The van der Waals surface area contributed by atoms with Crippen LogP contribution in [0.15, 0.2) is 47.4 Å². The first kappa shape index (κ1) is 23.4. The van der Waals surface area contributed by atoms with Gasteiger partial charge in [-0.3, -0.25) is 9.59 Å². The maximum Gasteiger partial charge on any atom is 0.243 e. The van der Waals surface area contributed by atoms with Crippen LogP contribution < -0.4 is 10.2 Å². The molecule has 2 aliphatic heterocycles. The third-order valence-corrected chi connectivity index (χ3v) is 8.62. The molecule has 0 aromatic heterocycles. The normalized spacial score (nSPS) is 19.4. The van der Waals surface area contributed by atoms with Crippen LogP contribution in [0.2, 0.25) is 0 Å². The van der Waals surface area contributed by atoms with E-state index in [4.69, 9.17) is 0 Å². The molecular weight excluding hydrogens is 438 g/mol. The van der Waals surface area contributed by atoms with E-state index >= 15 is 0 Å². The monoisotopic (exact) mass is 469 g/mol. The van der Waals surface area contributed by atoms with Crippen molar-refractivity contribution >= 4 is 33.2 Å². The summed E-state index contributed by atoms with van der Waals surface area (Å²) < 4.78 is 28.0. The van der Waals surface area contributed by atoms with Gasteiger partial charge >= 0.3 is 0 Å². The van der Waals surface area contributed by atoms with Gasteiger partial charge in [0.05, 0.1) is 4.90 Å². The number of piperidine rings is 1. The Hall–Kier alpha value is -2.71. The molecule has 2 amide bonds. The molecule has 2 aliphatic rings.